The molecule has 2 atom stereocenters. The highest BCUT2D eigenvalue weighted by molar-refractivity contribution is 5.85. The molecule has 1 N–H and O–H groups in total. The number of halogens is 2. The Hall–Kier alpha value is -0.0700. The van der Waals surface area contributed by atoms with Crippen LogP contribution in [-0.2, 0) is 9.53 Å². The highest BCUT2D eigenvalue weighted by atomic mass is 35.5. The Morgan fingerprint density at radius 1 is 1.16 bits per heavy atom. The van der Waals surface area contributed by atoms with Crippen LogP contribution in [-0.4, -0.2) is 74.2 Å². The fraction of sp³-hybridized carbons (Fsp3) is 0.944. The molecule has 0 radical (unpaired) electrons. The molecular weight excluding hydrogens is 361 g/mol. The van der Waals surface area contributed by atoms with E-state index in [1.807, 2.05) is 0 Å². The molecule has 0 bridgehead atoms. The number of nitrogens with one attached hydrogen (secondary N) is 1. The average molecular weight is 398 g/mol. The number of hydrogen-bond donors (Lipinski definition) is 1. The summed E-state index contributed by atoms with van der Waals surface area (Å²) in [6.45, 7) is 14.1. The van der Waals surface area contributed by atoms with Gasteiger partial charge in [0.25, 0.3) is 0 Å². The number of amides is 1. The quantitative estimate of drug-likeness (QED) is 0.716. The van der Waals surface area contributed by atoms with E-state index in [2.05, 4.69) is 35.9 Å². The molecule has 150 valence electrons. The molecule has 0 saturated carbocycles. The van der Waals surface area contributed by atoms with Gasteiger partial charge in [-0.05, 0) is 51.6 Å². The Labute approximate surface area is 166 Å². The summed E-state index contributed by atoms with van der Waals surface area (Å²) >= 11 is 0. The van der Waals surface area contributed by atoms with Gasteiger partial charge in [0.15, 0.2) is 0 Å². The summed E-state index contributed by atoms with van der Waals surface area (Å²) in [7, 11) is 0. The van der Waals surface area contributed by atoms with Crippen LogP contribution in [0.5, 0.6) is 0 Å². The minimum absolute atomic E-state index is 0. The second-order valence-electron chi connectivity index (χ2n) is 7.43. The lowest BCUT2D eigenvalue weighted by Gasteiger charge is -2.36. The van der Waals surface area contributed by atoms with E-state index in [0.717, 1.165) is 52.4 Å². The van der Waals surface area contributed by atoms with E-state index in [9.17, 15) is 4.79 Å². The lowest BCUT2D eigenvalue weighted by atomic mass is 9.85. The molecule has 0 aromatic rings. The van der Waals surface area contributed by atoms with Crippen LogP contribution >= 0.6 is 24.8 Å². The van der Waals surface area contributed by atoms with Crippen molar-refractivity contribution >= 4 is 30.7 Å². The summed E-state index contributed by atoms with van der Waals surface area (Å²) in [4.78, 5) is 17.0. The Morgan fingerprint density at radius 3 is 2.40 bits per heavy atom. The second-order valence-corrected chi connectivity index (χ2v) is 7.43. The molecule has 2 unspecified atom stereocenters. The SMILES string of the molecule is CC(C)OCCN1CCN(C(=O)CC(C)C2CCCNC2)CC1.Cl.Cl. The van der Waals surface area contributed by atoms with E-state index in [4.69, 9.17) is 4.74 Å². The molecule has 5 nitrogen and oxygen atoms in total. The number of carbonyl (C=O) groups excluding carboxylic acids is 1. The Morgan fingerprint density at radius 2 is 1.84 bits per heavy atom. The van der Waals surface area contributed by atoms with Crippen molar-refractivity contribution < 1.29 is 9.53 Å². The molecule has 2 fully saturated rings. The number of ether oxygens (including phenoxy) is 1. The molecule has 0 aromatic heterocycles. The first-order chi connectivity index (χ1) is 11.1. The third kappa shape index (κ3) is 8.91. The maximum absolute atomic E-state index is 12.5. The van der Waals surface area contributed by atoms with Crippen molar-refractivity contribution in [2.24, 2.45) is 11.8 Å². The van der Waals surface area contributed by atoms with Crippen molar-refractivity contribution in [1.82, 2.24) is 15.1 Å². The largest absolute Gasteiger partial charge is 0.377 e. The van der Waals surface area contributed by atoms with Gasteiger partial charge < -0.3 is 15.0 Å². The van der Waals surface area contributed by atoms with Crippen LogP contribution in [0.25, 0.3) is 0 Å². The topological polar surface area (TPSA) is 44.8 Å². The zero-order valence-corrected chi connectivity index (χ0v) is 17.7. The van der Waals surface area contributed by atoms with Crippen LogP contribution in [0.1, 0.15) is 40.0 Å². The van der Waals surface area contributed by atoms with Gasteiger partial charge in [0.05, 0.1) is 12.7 Å². The van der Waals surface area contributed by atoms with E-state index in [0.29, 0.717) is 30.3 Å². The van der Waals surface area contributed by atoms with E-state index >= 15 is 0 Å². The summed E-state index contributed by atoms with van der Waals surface area (Å²) in [5.74, 6) is 1.51. The van der Waals surface area contributed by atoms with Crippen LogP contribution in [0.15, 0.2) is 0 Å². The van der Waals surface area contributed by atoms with Crippen molar-refractivity contribution in [3.05, 3.63) is 0 Å². The summed E-state index contributed by atoms with van der Waals surface area (Å²) < 4.78 is 5.61. The highest BCUT2D eigenvalue weighted by Gasteiger charge is 2.26. The first-order valence-electron chi connectivity index (χ1n) is 9.38. The molecule has 25 heavy (non-hydrogen) atoms. The molecule has 0 aromatic carbocycles. The van der Waals surface area contributed by atoms with E-state index in [-0.39, 0.29) is 24.8 Å². The molecule has 1 amide bonds. The fourth-order valence-electron chi connectivity index (χ4n) is 3.57. The summed E-state index contributed by atoms with van der Waals surface area (Å²) in [5.41, 5.74) is 0. The molecule has 0 spiro atoms. The summed E-state index contributed by atoms with van der Waals surface area (Å²) in [5, 5.41) is 3.46. The highest BCUT2D eigenvalue weighted by Crippen LogP contribution is 2.23. The van der Waals surface area contributed by atoms with Crippen molar-refractivity contribution in [3.8, 4) is 0 Å². The van der Waals surface area contributed by atoms with Crippen LogP contribution in [0, 0.1) is 11.8 Å². The zero-order valence-electron chi connectivity index (χ0n) is 16.0. The van der Waals surface area contributed by atoms with Gasteiger partial charge in [-0.2, -0.15) is 0 Å². The van der Waals surface area contributed by atoms with Crippen LogP contribution in [0.4, 0.5) is 0 Å². The number of nitrogens with zero attached hydrogens (tertiary/aromatic N) is 2. The Bertz CT molecular complexity index is 358. The fourth-order valence-corrected chi connectivity index (χ4v) is 3.57. The minimum atomic E-state index is 0. The summed E-state index contributed by atoms with van der Waals surface area (Å²) in [6, 6.07) is 0. The van der Waals surface area contributed by atoms with Crippen molar-refractivity contribution in [2.75, 3.05) is 52.4 Å². The average Bonchev–Trinajstić information content (AvgIpc) is 2.56. The van der Waals surface area contributed by atoms with Crippen LogP contribution < -0.4 is 5.32 Å². The predicted molar refractivity (Wildman–Crippen MR) is 108 cm³/mol. The van der Waals surface area contributed by atoms with Gasteiger partial charge in [0.1, 0.15) is 0 Å². The lowest BCUT2D eigenvalue weighted by molar-refractivity contribution is -0.134. The smallest absolute Gasteiger partial charge is 0.222 e. The first-order valence-corrected chi connectivity index (χ1v) is 9.38. The van der Waals surface area contributed by atoms with E-state index < -0.39 is 0 Å². The van der Waals surface area contributed by atoms with Gasteiger partial charge >= 0.3 is 0 Å². The molecular formula is C18H37Cl2N3O2. The number of carbonyl (C=O) groups is 1. The number of piperazine rings is 1. The maximum atomic E-state index is 12.5. The third-order valence-corrected chi connectivity index (χ3v) is 5.22. The summed E-state index contributed by atoms with van der Waals surface area (Å²) in [6.07, 6.45) is 3.53. The minimum Gasteiger partial charge on any atom is -0.377 e. The predicted octanol–water partition coefficient (Wildman–Crippen LogP) is 2.43. The molecule has 2 aliphatic rings. The monoisotopic (exact) mass is 397 g/mol. The van der Waals surface area contributed by atoms with Crippen molar-refractivity contribution in [1.29, 1.82) is 0 Å². The molecule has 7 heteroatoms. The van der Waals surface area contributed by atoms with E-state index in [1.54, 1.807) is 0 Å². The van der Waals surface area contributed by atoms with Crippen molar-refractivity contribution in [2.45, 2.75) is 46.1 Å². The van der Waals surface area contributed by atoms with E-state index in [1.165, 1.54) is 12.8 Å². The van der Waals surface area contributed by atoms with Crippen LogP contribution in [0.3, 0.4) is 0 Å². The standard InChI is InChI=1S/C18H35N3O2.2ClH/c1-15(2)23-12-11-20-7-9-21(10-8-20)18(22)13-16(3)17-5-4-6-19-14-17;;/h15-17,19H,4-14H2,1-3H3;2*1H. The van der Waals surface area contributed by atoms with Crippen molar-refractivity contribution in [3.63, 3.8) is 0 Å². The van der Waals surface area contributed by atoms with Gasteiger partial charge in [0.2, 0.25) is 5.91 Å². The molecule has 2 heterocycles. The number of rotatable bonds is 7. The maximum Gasteiger partial charge on any atom is 0.222 e. The number of hydrogen-bond acceptors (Lipinski definition) is 4. The molecule has 2 rings (SSSR count). The Balaban J connectivity index is 0.00000288. The molecule has 2 saturated heterocycles. The zero-order chi connectivity index (χ0) is 16.7. The van der Waals surface area contributed by atoms with Gasteiger partial charge in [-0.25, -0.2) is 0 Å². The lowest BCUT2D eigenvalue weighted by Crippen LogP contribution is -2.50. The van der Waals surface area contributed by atoms with Crippen LogP contribution in [0.2, 0.25) is 0 Å². The van der Waals surface area contributed by atoms with Gasteiger partial charge in [-0.15, -0.1) is 24.8 Å². The number of piperidine rings is 1. The second kappa shape index (κ2) is 13.2. The molecule has 2 aliphatic heterocycles. The Kier molecular flexibility index (Phi) is 13.1. The normalized spacial score (nSPS) is 22.9. The van der Waals surface area contributed by atoms with Gasteiger partial charge in [0, 0.05) is 39.1 Å². The first kappa shape index (κ1) is 24.9. The van der Waals surface area contributed by atoms with Gasteiger partial charge in [-0.1, -0.05) is 6.92 Å². The molecule has 0 aliphatic carbocycles. The van der Waals surface area contributed by atoms with Gasteiger partial charge in [-0.3, -0.25) is 9.69 Å². The third-order valence-electron chi connectivity index (χ3n) is 5.22.